The van der Waals surface area contributed by atoms with Crippen molar-refractivity contribution in [1.82, 2.24) is 0 Å². The Labute approximate surface area is 144 Å². The van der Waals surface area contributed by atoms with Crippen LogP contribution >= 0.6 is 11.8 Å². The summed E-state index contributed by atoms with van der Waals surface area (Å²) in [6, 6.07) is 0. The zero-order valence-corrected chi connectivity index (χ0v) is 16.0. The molecule has 0 nitrogen and oxygen atoms in total. The van der Waals surface area contributed by atoms with E-state index in [2.05, 4.69) is 24.8 Å². The molecule has 0 spiro atoms. The van der Waals surface area contributed by atoms with Gasteiger partial charge in [0.15, 0.2) is 0 Å². The molecular weight excluding hydrogens is 284 g/mol. The van der Waals surface area contributed by atoms with Gasteiger partial charge in [-0.1, -0.05) is 90.0 Å². The first-order valence-electron chi connectivity index (χ1n) is 10.3. The molecule has 1 aliphatic carbocycles. The van der Waals surface area contributed by atoms with Gasteiger partial charge < -0.3 is 0 Å². The number of unbranched alkanes of at least 4 members (excludes halogenated alkanes) is 12. The predicted molar refractivity (Wildman–Crippen MR) is 105 cm³/mol. The molecule has 1 heteroatoms. The van der Waals surface area contributed by atoms with E-state index >= 15 is 0 Å². The Bertz CT molecular complexity index is 257. The van der Waals surface area contributed by atoms with Crippen molar-refractivity contribution in [2.45, 2.75) is 116 Å². The molecule has 0 atom stereocenters. The van der Waals surface area contributed by atoms with Crippen molar-refractivity contribution in [3.63, 3.8) is 0 Å². The molecule has 22 heavy (non-hydrogen) atoms. The molecule has 0 amide bonds. The van der Waals surface area contributed by atoms with Gasteiger partial charge in [-0.25, -0.2) is 0 Å². The molecule has 0 N–H and O–H groups in total. The number of thioether (sulfide) groups is 1. The van der Waals surface area contributed by atoms with Crippen LogP contribution in [-0.2, 0) is 0 Å². The van der Waals surface area contributed by atoms with Crippen molar-refractivity contribution in [1.29, 1.82) is 0 Å². The Balaban J connectivity index is 1.70. The first kappa shape index (κ1) is 20.1. The van der Waals surface area contributed by atoms with E-state index in [1.54, 1.807) is 4.91 Å². The fourth-order valence-corrected chi connectivity index (χ4v) is 4.40. The van der Waals surface area contributed by atoms with Gasteiger partial charge >= 0.3 is 0 Å². The van der Waals surface area contributed by atoms with Crippen LogP contribution in [0.4, 0.5) is 0 Å². The monoisotopic (exact) mass is 324 g/mol. The van der Waals surface area contributed by atoms with Crippen LogP contribution in [0.15, 0.2) is 11.0 Å². The largest absolute Gasteiger partial charge is 0.131 e. The van der Waals surface area contributed by atoms with Gasteiger partial charge in [-0.3, -0.25) is 0 Å². The minimum Gasteiger partial charge on any atom is -0.131 e. The molecule has 0 aromatic heterocycles. The molecule has 1 aliphatic rings. The third kappa shape index (κ3) is 12.6. The molecule has 130 valence electrons. The molecule has 0 bridgehead atoms. The first-order valence-corrected chi connectivity index (χ1v) is 11.2. The lowest BCUT2D eigenvalue weighted by molar-refractivity contribution is 0.543. The van der Waals surface area contributed by atoms with Crippen LogP contribution in [0, 0.1) is 0 Å². The lowest BCUT2D eigenvalue weighted by Crippen LogP contribution is -1.90. The summed E-state index contributed by atoms with van der Waals surface area (Å²) in [6.45, 7) is 2.30. The summed E-state index contributed by atoms with van der Waals surface area (Å²) in [7, 11) is 0. The molecule has 0 aromatic carbocycles. The predicted octanol–water partition coefficient (Wildman–Crippen LogP) is 8.27. The smallest absolute Gasteiger partial charge is 0.00234 e. The highest BCUT2D eigenvalue weighted by Crippen LogP contribution is 2.28. The minimum atomic E-state index is 1.33. The summed E-state index contributed by atoms with van der Waals surface area (Å²) in [4.78, 5) is 1.69. The maximum absolute atomic E-state index is 2.48. The maximum atomic E-state index is 2.48. The van der Waals surface area contributed by atoms with E-state index in [4.69, 9.17) is 0 Å². The molecule has 0 fully saturated rings. The van der Waals surface area contributed by atoms with Crippen LogP contribution in [0.1, 0.15) is 116 Å². The van der Waals surface area contributed by atoms with Crippen LogP contribution in [0.3, 0.4) is 0 Å². The normalized spacial score (nSPS) is 15.0. The van der Waals surface area contributed by atoms with E-state index in [1.165, 1.54) is 115 Å². The van der Waals surface area contributed by atoms with E-state index < -0.39 is 0 Å². The molecule has 1 rings (SSSR count). The van der Waals surface area contributed by atoms with Crippen molar-refractivity contribution in [3.05, 3.63) is 11.0 Å². The fourth-order valence-electron chi connectivity index (χ4n) is 3.26. The lowest BCUT2D eigenvalue weighted by Gasteiger charge is -2.11. The van der Waals surface area contributed by atoms with Crippen molar-refractivity contribution >= 4 is 11.8 Å². The standard InChI is InChI=1S/C21H40S/c1-2-3-4-5-6-7-8-9-10-11-12-13-17-20-22-21-18-15-14-16-19-21/h18H,2-17,19-20H2,1H3. The molecule has 0 heterocycles. The molecule has 0 saturated carbocycles. The van der Waals surface area contributed by atoms with Gasteiger partial charge in [-0.2, -0.15) is 0 Å². The van der Waals surface area contributed by atoms with Crippen molar-refractivity contribution < 1.29 is 0 Å². The summed E-state index contributed by atoms with van der Waals surface area (Å²) in [6.07, 6.45) is 27.0. The van der Waals surface area contributed by atoms with Gasteiger partial charge in [0, 0.05) is 0 Å². The summed E-state index contributed by atoms with van der Waals surface area (Å²) < 4.78 is 0. The van der Waals surface area contributed by atoms with Gasteiger partial charge in [-0.15, -0.1) is 11.8 Å². The summed E-state index contributed by atoms with van der Waals surface area (Å²) in [5, 5.41) is 0. The second kappa shape index (κ2) is 16.0. The zero-order valence-electron chi connectivity index (χ0n) is 15.2. The highest BCUT2D eigenvalue weighted by molar-refractivity contribution is 8.03. The van der Waals surface area contributed by atoms with Crippen LogP contribution in [0.2, 0.25) is 0 Å². The lowest BCUT2D eigenvalue weighted by atomic mass is 10.1. The van der Waals surface area contributed by atoms with E-state index in [-0.39, 0.29) is 0 Å². The summed E-state index contributed by atoms with van der Waals surface area (Å²) >= 11 is 2.14. The second-order valence-corrected chi connectivity index (χ2v) is 8.23. The second-order valence-electron chi connectivity index (χ2n) is 7.01. The highest BCUT2D eigenvalue weighted by atomic mass is 32.2. The molecule has 0 saturated heterocycles. The summed E-state index contributed by atoms with van der Waals surface area (Å²) in [5.41, 5.74) is 0. The Morgan fingerprint density at radius 1 is 0.727 bits per heavy atom. The number of allylic oxidation sites excluding steroid dienone is 2. The van der Waals surface area contributed by atoms with E-state index in [1.807, 2.05) is 0 Å². The Morgan fingerprint density at radius 3 is 1.77 bits per heavy atom. The number of hydrogen-bond acceptors (Lipinski definition) is 1. The van der Waals surface area contributed by atoms with E-state index in [9.17, 15) is 0 Å². The van der Waals surface area contributed by atoms with Crippen LogP contribution in [-0.4, -0.2) is 5.75 Å². The number of hydrogen-bond donors (Lipinski definition) is 0. The highest BCUT2D eigenvalue weighted by Gasteiger charge is 2.03. The third-order valence-electron chi connectivity index (χ3n) is 4.78. The Hall–Kier alpha value is 0.0900. The van der Waals surface area contributed by atoms with Crippen molar-refractivity contribution in [3.8, 4) is 0 Å². The maximum Gasteiger partial charge on any atom is -0.00234 e. The van der Waals surface area contributed by atoms with Gasteiger partial charge in [0.05, 0.1) is 0 Å². The van der Waals surface area contributed by atoms with E-state index in [0.29, 0.717) is 0 Å². The zero-order chi connectivity index (χ0) is 15.7. The van der Waals surface area contributed by atoms with Crippen molar-refractivity contribution in [2.24, 2.45) is 0 Å². The van der Waals surface area contributed by atoms with Gasteiger partial charge in [-0.05, 0) is 42.8 Å². The third-order valence-corrected chi connectivity index (χ3v) is 6.02. The van der Waals surface area contributed by atoms with Crippen LogP contribution in [0.25, 0.3) is 0 Å². The average Bonchev–Trinajstić information content (AvgIpc) is 2.56. The molecule has 0 unspecified atom stereocenters. The fraction of sp³-hybridized carbons (Fsp3) is 0.905. The summed E-state index contributed by atoms with van der Waals surface area (Å²) in [5.74, 6) is 1.36. The van der Waals surface area contributed by atoms with Gasteiger partial charge in [0.1, 0.15) is 0 Å². The first-order chi connectivity index (χ1) is 10.9. The Kier molecular flexibility index (Phi) is 14.6. The van der Waals surface area contributed by atoms with E-state index in [0.717, 1.165) is 0 Å². The van der Waals surface area contributed by atoms with Gasteiger partial charge in [0.2, 0.25) is 0 Å². The topological polar surface area (TPSA) is 0 Å². The quantitative estimate of drug-likeness (QED) is 0.273. The SMILES string of the molecule is CCCCCCCCCCCCCCCSC1=CCCCC1. The molecule has 0 aliphatic heterocycles. The van der Waals surface area contributed by atoms with Gasteiger partial charge in [0.25, 0.3) is 0 Å². The molecule has 0 radical (unpaired) electrons. The average molecular weight is 325 g/mol. The molecular formula is C21H40S. The molecule has 0 aromatic rings. The van der Waals surface area contributed by atoms with Crippen LogP contribution < -0.4 is 0 Å². The van der Waals surface area contributed by atoms with Crippen LogP contribution in [0.5, 0.6) is 0 Å². The Morgan fingerprint density at radius 2 is 1.27 bits per heavy atom. The van der Waals surface area contributed by atoms with Crippen molar-refractivity contribution in [2.75, 3.05) is 5.75 Å². The minimum absolute atomic E-state index is 1.33. The number of rotatable bonds is 15.